The summed E-state index contributed by atoms with van der Waals surface area (Å²) in [6.07, 6.45) is 6.90. The van der Waals surface area contributed by atoms with Gasteiger partial charge in [0.25, 0.3) is 0 Å². The molecule has 0 radical (unpaired) electrons. The Morgan fingerprint density at radius 2 is 2.40 bits per heavy atom. The van der Waals surface area contributed by atoms with Gasteiger partial charge in [-0.3, -0.25) is 0 Å². The fraction of sp³-hybridized carbons (Fsp3) is 0.818. The molecular formula is C11H19N3S. The maximum atomic E-state index is 4.03. The van der Waals surface area contributed by atoms with Crippen LogP contribution in [-0.4, -0.2) is 16.1 Å². The molecule has 3 nitrogen and oxygen atoms in total. The maximum Gasteiger partial charge on any atom is 0.0893 e. The summed E-state index contributed by atoms with van der Waals surface area (Å²) in [4.78, 5) is 0. The molecule has 1 aliphatic rings. The van der Waals surface area contributed by atoms with Gasteiger partial charge in [-0.05, 0) is 36.2 Å². The molecule has 1 heterocycles. The van der Waals surface area contributed by atoms with Gasteiger partial charge in [0.2, 0.25) is 0 Å². The second-order valence-electron chi connectivity index (χ2n) is 4.60. The van der Waals surface area contributed by atoms with Crippen molar-refractivity contribution in [3.8, 4) is 0 Å². The zero-order valence-electron chi connectivity index (χ0n) is 9.33. The Kier molecular flexibility index (Phi) is 3.70. The smallest absolute Gasteiger partial charge is 0.0893 e. The molecule has 0 bridgehead atoms. The number of nitrogens with zero attached hydrogens (tertiary/aromatic N) is 2. The van der Waals surface area contributed by atoms with Crippen molar-refractivity contribution in [2.45, 2.75) is 45.6 Å². The zero-order chi connectivity index (χ0) is 10.6. The first-order chi connectivity index (χ1) is 7.35. The SMILES string of the molecule is CCCC1(CNCc2csnn2)CCC1. The molecule has 1 N–H and O–H groups in total. The van der Waals surface area contributed by atoms with Crippen LogP contribution in [0.15, 0.2) is 5.38 Å². The van der Waals surface area contributed by atoms with Crippen LogP contribution in [-0.2, 0) is 6.54 Å². The quantitative estimate of drug-likeness (QED) is 0.808. The van der Waals surface area contributed by atoms with Crippen LogP contribution in [0, 0.1) is 5.41 Å². The van der Waals surface area contributed by atoms with E-state index in [1.807, 2.05) is 5.38 Å². The molecule has 0 atom stereocenters. The van der Waals surface area contributed by atoms with Crippen LogP contribution < -0.4 is 5.32 Å². The van der Waals surface area contributed by atoms with Crippen molar-refractivity contribution in [2.24, 2.45) is 5.41 Å². The predicted octanol–water partition coefficient (Wildman–Crippen LogP) is 2.60. The molecule has 1 aliphatic carbocycles. The number of rotatable bonds is 6. The normalized spacial score (nSPS) is 18.7. The average molecular weight is 225 g/mol. The van der Waals surface area contributed by atoms with Crippen molar-refractivity contribution in [1.29, 1.82) is 0 Å². The zero-order valence-corrected chi connectivity index (χ0v) is 10.1. The Hall–Kier alpha value is -0.480. The van der Waals surface area contributed by atoms with Crippen LogP contribution in [0.2, 0.25) is 0 Å². The first kappa shape index (κ1) is 11.0. The van der Waals surface area contributed by atoms with Gasteiger partial charge in [-0.15, -0.1) is 5.10 Å². The lowest BCUT2D eigenvalue weighted by Crippen LogP contribution is -2.39. The molecular weight excluding hydrogens is 206 g/mol. The monoisotopic (exact) mass is 225 g/mol. The summed E-state index contributed by atoms with van der Waals surface area (Å²) in [5, 5.41) is 9.57. The predicted molar refractivity (Wildman–Crippen MR) is 62.8 cm³/mol. The van der Waals surface area contributed by atoms with Gasteiger partial charge in [0.1, 0.15) is 0 Å². The molecule has 84 valence electrons. The molecule has 1 saturated carbocycles. The van der Waals surface area contributed by atoms with Crippen molar-refractivity contribution in [3.63, 3.8) is 0 Å². The molecule has 2 rings (SSSR count). The van der Waals surface area contributed by atoms with Crippen molar-refractivity contribution in [2.75, 3.05) is 6.54 Å². The topological polar surface area (TPSA) is 37.8 Å². The number of hydrogen-bond donors (Lipinski definition) is 1. The molecule has 15 heavy (non-hydrogen) atoms. The Balaban J connectivity index is 1.72. The van der Waals surface area contributed by atoms with Gasteiger partial charge in [-0.25, -0.2) is 0 Å². The third kappa shape index (κ3) is 2.75. The van der Waals surface area contributed by atoms with Gasteiger partial charge >= 0.3 is 0 Å². The van der Waals surface area contributed by atoms with Crippen LogP contribution >= 0.6 is 11.5 Å². The summed E-state index contributed by atoms with van der Waals surface area (Å²) >= 11 is 1.43. The van der Waals surface area contributed by atoms with E-state index in [9.17, 15) is 0 Å². The molecule has 0 spiro atoms. The van der Waals surface area contributed by atoms with Crippen molar-refractivity contribution < 1.29 is 0 Å². The summed E-state index contributed by atoms with van der Waals surface area (Å²) in [7, 11) is 0. The Morgan fingerprint density at radius 1 is 1.53 bits per heavy atom. The highest BCUT2D eigenvalue weighted by Crippen LogP contribution is 2.44. The Labute approximate surface area is 95.4 Å². The van der Waals surface area contributed by atoms with Gasteiger partial charge < -0.3 is 5.32 Å². The maximum absolute atomic E-state index is 4.03. The summed E-state index contributed by atoms with van der Waals surface area (Å²) in [6, 6.07) is 0. The van der Waals surface area contributed by atoms with Crippen LogP contribution in [0.4, 0.5) is 0 Å². The van der Waals surface area contributed by atoms with E-state index in [-0.39, 0.29) is 0 Å². The van der Waals surface area contributed by atoms with E-state index in [0.717, 1.165) is 18.8 Å². The highest BCUT2D eigenvalue weighted by molar-refractivity contribution is 7.03. The third-order valence-electron chi connectivity index (χ3n) is 3.41. The van der Waals surface area contributed by atoms with E-state index in [4.69, 9.17) is 0 Å². The molecule has 1 aromatic heterocycles. The lowest BCUT2D eigenvalue weighted by molar-refractivity contribution is 0.115. The second-order valence-corrected chi connectivity index (χ2v) is 5.21. The Bertz CT molecular complexity index is 280. The van der Waals surface area contributed by atoms with Gasteiger partial charge in [0, 0.05) is 18.5 Å². The molecule has 0 amide bonds. The molecule has 0 aromatic carbocycles. The van der Waals surface area contributed by atoms with Gasteiger partial charge in [-0.1, -0.05) is 24.3 Å². The second kappa shape index (κ2) is 5.03. The summed E-state index contributed by atoms with van der Waals surface area (Å²) in [5.74, 6) is 0. The molecule has 0 aliphatic heterocycles. The lowest BCUT2D eigenvalue weighted by atomic mass is 9.66. The van der Waals surface area contributed by atoms with Crippen LogP contribution in [0.1, 0.15) is 44.7 Å². The average Bonchev–Trinajstić information content (AvgIpc) is 2.67. The molecule has 4 heteroatoms. The number of aromatic nitrogens is 2. The molecule has 1 fully saturated rings. The van der Waals surface area contributed by atoms with E-state index in [1.54, 1.807) is 0 Å². The highest BCUT2D eigenvalue weighted by Gasteiger charge is 2.35. The van der Waals surface area contributed by atoms with Crippen LogP contribution in [0.5, 0.6) is 0 Å². The minimum Gasteiger partial charge on any atom is -0.311 e. The lowest BCUT2D eigenvalue weighted by Gasteiger charge is -2.42. The van der Waals surface area contributed by atoms with E-state index >= 15 is 0 Å². The van der Waals surface area contributed by atoms with E-state index in [1.165, 1.54) is 43.6 Å². The number of hydrogen-bond acceptors (Lipinski definition) is 4. The first-order valence-electron chi connectivity index (χ1n) is 5.81. The first-order valence-corrected chi connectivity index (χ1v) is 6.65. The van der Waals surface area contributed by atoms with Crippen molar-refractivity contribution >= 4 is 11.5 Å². The molecule has 1 aromatic rings. The Morgan fingerprint density at radius 3 is 2.93 bits per heavy atom. The van der Waals surface area contributed by atoms with Gasteiger partial charge in [-0.2, -0.15) is 0 Å². The van der Waals surface area contributed by atoms with E-state index < -0.39 is 0 Å². The molecule has 0 unspecified atom stereocenters. The molecule has 0 saturated heterocycles. The third-order valence-corrected chi connectivity index (χ3v) is 3.96. The minimum absolute atomic E-state index is 0.609. The summed E-state index contributed by atoms with van der Waals surface area (Å²) < 4.78 is 3.86. The summed E-state index contributed by atoms with van der Waals surface area (Å²) in [6.45, 7) is 4.31. The summed E-state index contributed by atoms with van der Waals surface area (Å²) in [5.41, 5.74) is 1.68. The van der Waals surface area contributed by atoms with Crippen LogP contribution in [0.25, 0.3) is 0 Å². The standard InChI is InChI=1S/C11H19N3S/c1-2-4-11(5-3-6-11)9-12-7-10-8-15-14-13-10/h8,12H,2-7,9H2,1H3. The highest BCUT2D eigenvalue weighted by atomic mass is 32.1. The van der Waals surface area contributed by atoms with Crippen molar-refractivity contribution in [1.82, 2.24) is 14.9 Å². The number of nitrogens with one attached hydrogen (secondary N) is 1. The fourth-order valence-corrected chi connectivity index (χ4v) is 2.89. The van der Waals surface area contributed by atoms with Gasteiger partial charge in [0.05, 0.1) is 5.69 Å². The minimum atomic E-state index is 0.609. The van der Waals surface area contributed by atoms with Crippen LogP contribution in [0.3, 0.4) is 0 Å². The van der Waals surface area contributed by atoms with E-state index in [2.05, 4.69) is 21.8 Å². The van der Waals surface area contributed by atoms with Crippen molar-refractivity contribution in [3.05, 3.63) is 11.1 Å². The largest absolute Gasteiger partial charge is 0.311 e. The van der Waals surface area contributed by atoms with E-state index in [0.29, 0.717) is 5.41 Å². The van der Waals surface area contributed by atoms with Gasteiger partial charge in [0.15, 0.2) is 0 Å². The fourth-order valence-electron chi connectivity index (χ4n) is 2.44.